The van der Waals surface area contributed by atoms with Crippen LogP contribution in [0.2, 0.25) is 0 Å². The molecule has 1 aliphatic rings. The second kappa shape index (κ2) is 4.67. The molecule has 0 aliphatic carbocycles. The maximum Gasteiger partial charge on any atom is 0.266 e. The lowest BCUT2D eigenvalue weighted by Gasteiger charge is -2.10. The van der Waals surface area contributed by atoms with Gasteiger partial charge in [-0.3, -0.25) is 9.69 Å². The molecular formula is C11H9NO2S2. The first-order valence-corrected chi connectivity index (χ1v) is 5.83. The number of thioether (sulfide) groups is 1. The third kappa shape index (κ3) is 2.10. The summed E-state index contributed by atoms with van der Waals surface area (Å²) in [6.07, 6.45) is 6.58. The molecule has 0 saturated carbocycles. The molecule has 0 spiro atoms. The maximum absolute atomic E-state index is 11.9. The zero-order valence-corrected chi connectivity index (χ0v) is 10.0. The lowest BCUT2D eigenvalue weighted by atomic mass is 10.3. The average molecular weight is 251 g/mol. The van der Waals surface area contributed by atoms with Crippen LogP contribution in [0.25, 0.3) is 6.08 Å². The Morgan fingerprint density at radius 3 is 3.06 bits per heavy atom. The summed E-state index contributed by atoms with van der Waals surface area (Å²) in [5.41, 5.74) is 0.860. The number of hydrogen-bond donors (Lipinski definition) is 0. The predicted octanol–water partition coefficient (Wildman–Crippen LogP) is 2.67. The molecular weight excluding hydrogens is 242 g/mol. The van der Waals surface area contributed by atoms with Crippen molar-refractivity contribution >= 4 is 40.3 Å². The Balaban J connectivity index is 2.23. The first-order valence-electron chi connectivity index (χ1n) is 4.61. The zero-order valence-electron chi connectivity index (χ0n) is 8.38. The number of rotatable bonds is 3. The first kappa shape index (κ1) is 11.2. The Hall–Kier alpha value is -1.33. The van der Waals surface area contributed by atoms with Crippen LogP contribution in [-0.2, 0) is 4.79 Å². The van der Waals surface area contributed by atoms with Crippen molar-refractivity contribution in [2.45, 2.75) is 0 Å². The predicted molar refractivity (Wildman–Crippen MR) is 68.8 cm³/mol. The van der Waals surface area contributed by atoms with E-state index in [9.17, 15) is 4.79 Å². The molecule has 1 amide bonds. The van der Waals surface area contributed by atoms with E-state index in [-0.39, 0.29) is 5.91 Å². The van der Waals surface area contributed by atoms with Crippen LogP contribution >= 0.6 is 24.0 Å². The molecule has 2 rings (SSSR count). The molecule has 0 unspecified atom stereocenters. The summed E-state index contributed by atoms with van der Waals surface area (Å²) in [5.74, 6) is -0.0731. The van der Waals surface area contributed by atoms with Gasteiger partial charge in [-0.1, -0.05) is 30.1 Å². The van der Waals surface area contributed by atoms with Crippen LogP contribution in [-0.4, -0.2) is 21.7 Å². The number of carbonyl (C=O) groups excluding carboxylic acids is 1. The maximum atomic E-state index is 11.9. The van der Waals surface area contributed by atoms with Crippen LogP contribution in [0.15, 0.2) is 40.6 Å². The highest BCUT2D eigenvalue weighted by atomic mass is 32.2. The van der Waals surface area contributed by atoms with Crippen molar-refractivity contribution in [3.05, 3.63) is 41.7 Å². The van der Waals surface area contributed by atoms with Gasteiger partial charge in [0.25, 0.3) is 5.91 Å². The molecule has 1 fully saturated rings. The molecule has 2 heterocycles. The molecule has 1 aromatic rings. The molecule has 82 valence electrons. The Morgan fingerprint density at radius 1 is 1.62 bits per heavy atom. The normalized spacial score (nSPS) is 18.5. The topological polar surface area (TPSA) is 33.5 Å². The second-order valence-electron chi connectivity index (χ2n) is 3.14. The van der Waals surface area contributed by atoms with E-state index in [0.717, 1.165) is 5.56 Å². The zero-order chi connectivity index (χ0) is 11.5. The van der Waals surface area contributed by atoms with Crippen LogP contribution in [0, 0.1) is 0 Å². The smallest absolute Gasteiger partial charge is 0.266 e. The average Bonchev–Trinajstić information content (AvgIpc) is 2.84. The van der Waals surface area contributed by atoms with E-state index < -0.39 is 0 Å². The third-order valence-corrected chi connectivity index (χ3v) is 3.40. The summed E-state index contributed by atoms with van der Waals surface area (Å²) >= 11 is 6.41. The molecule has 0 aromatic carbocycles. The number of amides is 1. The number of hydrogen-bond acceptors (Lipinski definition) is 4. The summed E-state index contributed by atoms with van der Waals surface area (Å²) in [7, 11) is 0. The van der Waals surface area contributed by atoms with E-state index in [4.69, 9.17) is 16.6 Å². The molecule has 3 nitrogen and oxygen atoms in total. The second-order valence-corrected chi connectivity index (χ2v) is 4.81. The SMILES string of the molecule is C=CCN1C(=O)/C(=C\c2ccoc2)SC1=S. The molecule has 0 bridgehead atoms. The highest BCUT2D eigenvalue weighted by molar-refractivity contribution is 8.26. The largest absolute Gasteiger partial charge is 0.472 e. The van der Waals surface area contributed by atoms with E-state index in [1.165, 1.54) is 16.7 Å². The Morgan fingerprint density at radius 2 is 2.44 bits per heavy atom. The molecule has 0 atom stereocenters. The van der Waals surface area contributed by atoms with Gasteiger partial charge < -0.3 is 4.42 Å². The van der Waals surface area contributed by atoms with Crippen molar-refractivity contribution in [2.24, 2.45) is 0 Å². The fourth-order valence-electron chi connectivity index (χ4n) is 1.29. The van der Waals surface area contributed by atoms with Crippen LogP contribution in [0.5, 0.6) is 0 Å². The van der Waals surface area contributed by atoms with E-state index in [2.05, 4.69) is 6.58 Å². The van der Waals surface area contributed by atoms with Gasteiger partial charge in [0, 0.05) is 12.1 Å². The Labute approximate surface area is 103 Å². The molecule has 1 aliphatic heterocycles. The van der Waals surface area contributed by atoms with Crippen molar-refractivity contribution in [1.29, 1.82) is 0 Å². The van der Waals surface area contributed by atoms with Crippen molar-refractivity contribution in [2.75, 3.05) is 6.54 Å². The van der Waals surface area contributed by atoms with Crippen LogP contribution in [0.1, 0.15) is 5.56 Å². The van der Waals surface area contributed by atoms with Crippen molar-refractivity contribution < 1.29 is 9.21 Å². The van der Waals surface area contributed by atoms with Crippen molar-refractivity contribution in [3.8, 4) is 0 Å². The lowest BCUT2D eigenvalue weighted by Crippen LogP contribution is -2.27. The van der Waals surface area contributed by atoms with Gasteiger partial charge in [-0.25, -0.2) is 0 Å². The monoisotopic (exact) mass is 251 g/mol. The van der Waals surface area contributed by atoms with Crippen LogP contribution in [0.4, 0.5) is 0 Å². The van der Waals surface area contributed by atoms with E-state index in [1.54, 1.807) is 30.7 Å². The minimum Gasteiger partial charge on any atom is -0.472 e. The molecule has 1 aromatic heterocycles. The molecule has 0 radical (unpaired) electrons. The fourth-order valence-corrected chi connectivity index (χ4v) is 2.57. The lowest BCUT2D eigenvalue weighted by molar-refractivity contribution is -0.121. The number of thiocarbonyl (C=S) groups is 1. The molecule has 5 heteroatoms. The summed E-state index contributed by atoms with van der Waals surface area (Å²) in [5, 5.41) is 0. The quantitative estimate of drug-likeness (QED) is 0.470. The van der Waals surface area contributed by atoms with Crippen LogP contribution < -0.4 is 0 Å². The van der Waals surface area contributed by atoms with Gasteiger partial charge >= 0.3 is 0 Å². The minimum atomic E-state index is -0.0731. The highest BCUT2D eigenvalue weighted by Crippen LogP contribution is 2.32. The summed E-state index contributed by atoms with van der Waals surface area (Å²) in [6.45, 7) is 4.05. The van der Waals surface area contributed by atoms with Gasteiger partial charge in [0.05, 0.1) is 17.4 Å². The first-order chi connectivity index (χ1) is 7.72. The molecule has 1 saturated heterocycles. The standard InChI is InChI=1S/C11H9NO2S2/c1-2-4-12-10(13)9(16-11(12)15)6-8-3-5-14-7-8/h2-3,5-7H,1,4H2/b9-6+. The highest BCUT2D eigenvalue weighted by Gasteiger charge is 2.30. The van der Waals surface area contributed by atoms with Crippen molar-refractivity contribution in [3.63, 3.8) is 0 Å². The van der Waals surface area contributed by atoms with Gasteiger partial charge in [0.15, 0.2) is 0 Å². The molecule has 0 N–H and O–H groups in total. The third-order valence-electron chi connectivity index (χ3n) is 2.03. The number of furan rings is 1. The van der Waals surface area contributed by atoms with E-state index in [1.807, 2.05) is 0 Å². The van der Waals surface area contributed by atoms with E-state index >= 15 is 0 Å². The van der Waals surface area contributed by atoms with Gasteiger partial charge in [-0.15, -0.1) is 6.58 Å². The fraction of sp³-hybridized carbons (Fsp3) is 0.0909. The van der Waals surface area contributed by atoms with E-state index in [0.29, 0.717) is 15.8 Å². The summed E-state index contributed by atoms with van der Waals surface area (Å²) in [6, 6.07) is 1.79. The summed E-state index contributed by atoms with van der Waals surface area (Å²) in [4.78, 5) is 14.0. The van der Waals surface area contributed by atoms with Gasteiger partial charge in [-0.2, -0.15) is 0 Å². The number of nitrogens with zero attached hydrogens (tertiary/aromatic N) is 1. The van der Waals surface area contributed by atoms with Crippen molar-refractivity contribution in [1.82, 2.24) is 4.90 Å². The summed E-state index contributed by atoms with van der Waals surface area (Å²) < 4.78 is 5.50. The van der Waals surface area contributed by atoms with Crippen LogP contribution in [0.3, 0.4) is 0 Å². The Kier molecular flexibility index (Phi) is 3.26. The number of carbonyl (C=O) groups is 1. The minimum absolute atomic E-state index is 0.0731. The van der Waals surface area contributed by atoms with Gasteiger partial charge in [-0.05, 0) is 12.1 Å². The molecule has 16 heavy (non-hydrogen) atoms. The van der Waals surface area contributed by atoms with Gasteiger partial charge in [0.1, 0.15) is 4.32 Å². The Bertz CT molecular complexity index is 462. The van der Waals surface area contributed by atoms with Gasteiger partial charge in [0.2, 0.25) is 0 Å².